The molecule has 6 N–H and O–H groups in total. The Hall–Kier alpha value is -1.79. The number of hydrogen-bond acceptors (Lipinski definition) is 3. The maximum atomic E-state index is 10.6. The molecular weight excluding hydrogens is 164 g/mol. The van der Waals surface area contributed by atoms with Crippen molar-refractivity contribution in [3.05, 3.63) is 0 Å². The summed E-state index contributed by atoms with van der Waals surface area (Å²) in [7, 11) is 0. The summed E-state index contributed by atoms with van der Waals surface area (Å²) in [6, 6.07) is -0.660. The van der Waals surface area contributed by atoms with E-state index in [1.54, 1.807) is 0 Å². The van der Waals surface area contributed by atoms with Gasteiger partial charge in [-0.05, 0) is 0 Å². The minimum Gasteiger partial charge on any atom is -0.368 e. The zero-order valence-electron chi connectivity index (χ0n) is 6.29. The molecule has 0 aliphatic rings. The largest absolute Gasteiger partial charge is 0.368 e. The van der Waals surface area contributed by atoms with Crippen molar-refractivity contribution >= 4 is 17.8 Å². The minimum atomic E-state index is -0.663. The molecule has 0 bridgehead atoms. The summed E-state index contributed by atoms with van der Waals surface area (Å²) in [6.45, 7) is -0.546. The lowest BCUT2D eigenvalue weighted by Crippen LogP contribution is -2.43. The van der Waals surface area contributed by atoms with E-state index in [0.29, 0.717) is 0 Å². The van der Waals surface area contributed by atoms with Gasteiger partial charge >= 0.3 is 6.03 Å². The Labute approximate surface area is 68.5 Å². The predicted molar refractivity (Wildman–Crippen MR) is 39.8 cm³/mol. The van der Waals surface area contributed by atoms with Gasteiger partial charge in [-0.3, -0.25) is 9.59 Å². The highest BCUT2D eigenvalue weighted by atomic mass is 16.2. The normalized spacial score (nSPS) is 8.67. The number of urea groups is 1. The van der Waals surface area contributed by atoms with Gasteiger partial charge in [0.05, 0.1) is 13.1 Å². The molecule has 0 saturated heterocycles. The Morgan fingerprint density at radius 3 is 1.50 bits per heavy atom. The van der Waals surface area contributed by atoms with Gasteiger partial charge in [-0.2, -0.15) is 0 Å². The highest BCUT2D eigenvalue weighted by Crippen LogP contribution is 1.63. The van der Waals surface area contributed by atoms with Gasteiger partial charge in [0.15, 0.2) is 0 Å². The third-order valence-corrected chi connectivity index (χ3v) is 0.846. The molecular formula is C5H10N4O3. The van der Waals surface area contributed by atoms with Crippen LogP contribution in [-0.4, -0.2) is 30.9 Å². The van der Waals surface area contributed by atoms with Crippen molar-refractivity contribution < 1.29 is 14.4 Å². The first-order valence-corrected chi connectivity index (χ1v) is 3.10. The summed E-state index contributed by atoms with van der Waals surface area (Å²) in [5.41, 5.74) is 9.45. The van der Waals surface area contributed by atoms with Crippen molar-refractivity contribution in [2.24, 2.45) is 11.5 Å². The molecule has 12 heavy (non-hydrogen) atoms. The number of rotatable bonds is 4. The molecule has 0 saturated carbocycles. The standard InChI is InChI=1S/C5H10N4O3/c6-3(10)1-8-5(12)9-2-4(7)11/h1-2H2,(H2,6,10)(H2,7,11)(H2,8,9,12). The lowest BCUT2D eigenvalue weighted by molar-refractivity contribution is -0.117. The Bertz CT molecular complexity index is 183. The second kappa shape index (κ2) is 4.94. The van der Waals surface area contributed by atoms with Crippen LogP contribution in [0.15, 0.2) is 0 Å². The number of nitrogens with one attached hydrogen (secondary N) is 2. The molecule has 0 unspecified atom stereocenters. The average molecular weight is 174 g/mol. The van der Waals surface area contributed by atoms with E-state index in [2.05, 4.69) is 10.6 Å². The van der Waals surface area contributed by atoms with Gasteiger partial charge in [0.25, 0.3) is 0 Å². The molecule has 0 rings (SSSR count). The van der Waals surface area contributed by atoms with Crippen LogP contribution in [0.5, 0.6) is 0 Å². The third-order valence-electron chi connectivity index (χ3n) is 0.846. The van der Waals surface area contributed by atoms with Crippen molar-refractivity contribution in [3.63, 3.8) is 0 Å². The first-order valence-electron chi connectivity index (χ1n) is 3.10. The highest BCUT2D eigenvalue weighted by Gasteiger charge is 2.01. The lowest BCUT2D eigenvalue weighted by Gasteiger charge is -2.02. The molecule has 0 aliphatic heterocycles. The quantitative estimate of drug-likeness (QED) is 0.369. The van der Waals surface area contributed by atoms with Crippen LogP contribution < -0.4 is 22.1 Å². The van der Waals surface area contributed by atoms with E-state index < -0.39 is 17.8 Å². The number of amides is 4. The average Bonchev–Trinajstić information content (AvgIpc) is 1.96. The minimum absolute atomic E-state index is 0.273. The summed E-state index contributed by atoms with van der Waals surface area (Å²) < 4.78 is 0. The van der Waals surface area contributed by atoms with Crippen LogP contribution in [0.4, 0.5) is 4.79 Å². The first-order chi connectivity index (χ1) is 5.52. The molecule has 0 aromatic heterocycles. The second-order valence-corrected chi connectivity index (χ2v) is 1.97. The van der Waals surface area contributed by atoms with Crippen molar-refractivity contribution in [1.82, 2.24) is 10.6 Å². The molecule has 0 aromatic rings. The van der Waals surface area contributed by atoms with E-state index in [1.165, 1.54) is 0 Å². The molecule has 0 radical (unpaired) electrons. The van der Waals surface area contributed by atoms with Gasteiger partial charge in [-0.15, -0.1) is 0 Å². The van der Waals surface area contributed by atoms with E-state index in [0.717, 1.165) is 0 Å². The zero-order chi connectivity index (χ0) is 9.56. The topological polar surface area (TPSA) is 127 Å². The molecule has 0 aliphatic carbocycles. The second-order valence-electron chi connectivity index (χ2n) is 1.97. The Balaban J connectivity index is 3.47. The van der Waals surface area contributed by atoms with Crippen LogP contribution in [0.1, 0.15) is 0 Å². The fourth-order valence-corrected chi connectivity index (χ4v) is 0.397. The summed E-state index contributed by atoms with van der Waals surface area (Å²) in [4.78, 5) is 30.9. The van der Waals surface area contributed by atoms with Crippen molar-refractivity contribution in [3.8, 4) is 0 Å². The summed E-state index contributed by atoms with van der Waals surface area (Å²) >= 11 is 0. The predicted octanol–water partition coefficient (Wildman–Crippen LogP) is -2.74. The molecule has 0 spiro atoms. The van der Waals surface area contributed by atoms with Crippen LogP contribution in [0.3, 0.4) is 0 Å². The Morgan fingerprint density at radius 1 is 0.917 bits per heavy atom. The first kappa shape index (κ1) is 10.2. The molecule has 68 valence electrons. The monoisotopic (exact) mass is 174 g/mol. The molecule has 7 heteroatoms. The summed E-state index contributed by atoms with van der Waals surface area (Å²) in [5, 5.41) is 4.21. The SMILES string of the molecule is NC(=O)CNC(=O)NCC(N)=O. The van der Waals surface area contributed by atoms with Crippen LogP contribution in [0, 0.1) is 0 Å². The van der Waals surface area contributed by atoms with Crippen LogP contribution in [0.25, 0.3) is 0 Å². The van der Waals surface area contributed by atoms with E-state index >= 15 is 0 Å². The van der Waals surface area contributed by atoms with E-state index in [9.17, 15) is 14.4 Å². The smallest absolute Gasteiger partial charge is 0.315 e. The summed E-state index contributed by atoms with van der Waals surface area (Å²) in [6.07, 6.45) is 0. The zero-order valence-corrected chi connectivity index (χ0v) is 6.29. The molecule has 0 heterocycles. The number of carbonyl (C=O) groups excluding carboxylic acids is 3. The van der Waals surface area contributed by atoms with Crippen LogP contribution in [0.2, 0.25) is 0 Å². The maximum absolute atomic E-state index is 10.6. The van der Waals surface area contributed by atoms with Gasteiger partial charge in [-0.1, -0.05) is 0 Å². The molecule has 4 amide bonds. The van der Waals surface area contributed by atoms with E-state index in [4.69, 9.17) is 11.5 Å². The number of primary amides is 2. The van der Waals surface area contributed by atoms with Crippen molar-refractivity contribution in [2.45, 2.75) is 0 Å². The van der Waals surface area contributed by atoms with E-state index in [1.807, 2.05) is 0 Å². The maximum Gasteiger partial charge on any atom is 0.315 e. The number of carbonyl (C=O) groups is 3. The lowest BCUT2D eigenvalue weighted by atomic mass is 10.6. The molecule has 0 fully saturated rings. The van der Waals surface area contributed by atoms with Crippen LogP contribution >= 0.6 is 0 Å². The van der Waals surface area contributed by atoms with Crippen molar-refractivity contribution in [2.75, 3.05) is 13.1 Å². The van der Waals surface area contributed by atoms with E-state index in [-0.39, 0.29) is 13.1 Å². The highest BCUT2D eigenvalue weighted by molar-refractivity contribution is 5.85. The Morgan fingerprint density at radius 2 is 1.25 bits per heavy atom. The number of nitrogens with two attached hydrogens (primary N) is 2. The van der Waals surface area contributed by atoms with Gasteiger partial charge in [0.1, 0.15) is 0 Å². The Kier molecular flexibility index (Phi) is 4.20. The van der Waals surface area contributed by atoms with Gasteiger partial charge in [-0.25, -0.2) is 4.79 Å². The molecule has 0 aromatic carbocycles. The fourth-order valence-electron chi connectivity index (χ4n) is 0.397. The number of hydrogen-bond donors (Lipinski definition) is 4. The van der Waals surface area contributed by atoms with Crippen LogP contribution in [-0.2, 0) is 9.59 Å². The summed E-state index contributed by atoms with van der Waals surface area (Å²) in [5.74, 6) is -1.33. The van der Waals surface area contributed by atoms with Crippen molar-refractivity contribution in [1.29, 1.82) is 0 Å². The fraction of sp³-hybridized carbons (Fsp3) is 0.400. The molecule has 0 atom stereocenters. The van der Waals surface area contributed by atoms with Gasteiger partial charge in [0, 0.05) is 0 Å². The van der Waals surface area contributed by atoms with Gasteiger partial charge < -0.3 is 22.1 Å². The molecule has 7 nitrogen and oxygen atoms in total. The third kappa shape index (κ3) is 6.33. The van der Waals surface area contributed by atoms with Gasteiger partial charge in [0.2, 0.25) is 11.8 Å².